The molecule has 0 aliphatic carbocycles. The van der Waals surface area contributed by atoms with Crippen molar-refractivity contribution in [2.24, 2.45) is 4.99 Å². The summed E-state index contributed by atoms with van der Waals surface area (Å²) in [4.78, 5) is 36.5. The van der Waals surface area contributed by atoms with Gasteiger partial charge in [-0.2, -0.15) is 18.4 Å². The van der Waals surface area contributed by atoms with Crippen molar-refractivity contribution in [1.29, 1.82) is 5.26 Å². The van der Waals surface area contributed by atoms with Crippen LogP contribution in [0.1, 0.15) is 55.9 Å². The molecule has 0 radical (unpaired) electrons. The molecule has 0 saturated heterocycles. The first-order chi connectivity index (χ1) is 17.5. The minimum Gasteiger partial charge on any atom is -0.452 e. The number of ether oxygens (including phenoxy) is 2. The van der Waals surface area contributed by atoms with Crippen molar-refractivity contribution in [3.05, 3.63) is 52.2 Å². The van der Waals surface area contributed by atoms with Crippen LogP contribution >= 0.6 is 11.6 Å². The second-order valence-electron chi connectivity index (χ2n) is 9.32. The highest BCUT2D eigenvalue weighted by Gasteiger charge is 2.51. The number of aliphatic imine (C=N–C) groups is 1. The number of halogens is 5. The standard InChI is InChI=1S/C23H21ClF4N6O4/c1-21(2,3)38-20(36)33-19-34-22(4,8-14(37-19)23(26,27)28)17-13(25)5-6-15(31-17)32-18(35)16-12(24)7-11(9-29)10-30-16/h5-7,10,14H,8H2,1-4H3,(H,31,32,35)(H,33,34,36). The molecule has 2 N–H and O–H groups in total. The van der Waals surface area contributed by atoms with E-state index in [9.17, 15) is 27.2 Å². The normalized spacial score (nSPS) is 19.5. The van der Waals surface area contributed by atoms with Gasteiger partial charge in [-0.3, -0.25) is 4.79 Å². The first-order valence-electron chi connectivity index (χ1n) is 10.9. The number of amidine groups is 1. The van der Waals surface area contributed by atoms with Crippen LogP contribution < -0.4 is 10.6 Å². The third-order valence-electron chi connectivity index (χ3n) is 4.94. The van der Waals surface area contributed by atoms with Crippen molar-refractivity contribution in [3.8, 4) is 6.07 Å². The van der Waals surface area contributed by atoms with Crippen LogP contribution in [-0.2, 0) is 15.0 Å². The fourth-order valence-corrected chi connectivity index (χ4v) is 3.60. The van der Waals surface area contributed by atoms with Gasteiger partial charge in [-0.25, -0.2) is 29.5 Å². The number of amides is 2. The SMILES string of the molecule is CC(C)(C)OC(=O)NC1=NC(C)(c2nc(NC(=O)c3ncc(C#N)cc3Cl)ccc2F)CC(C(F)(F)F)O1. The highest BCUT2D eigenvalue weighted by atomic mass is 35.5. The number of aromatic nitrogens is 2. The van der Waals surface area contributed by atoms with E-state index in [2.05, 4.69) is 20.3 Å². The van der Waals surface area contributed by atoms with Crippen LogP contribution in [0.25, 0.3) is 0 Å². The van der Waals surface area contributed by atoms with Gasteiger partial charge in [0.2, 0.25) is 0 Å². The molecule has 10 nitrogen and oxygen atoms in total. The van der Waals surface area contributed by atoms with Gasteiger partial charge in [0, 0.05) is 12.6 Å². The number of carbonyl (C=O) groups is 2. The third-order valence-corrected chi connectivity index (χ3v) is 5.23. The summed E-state index contributed by atoms with van der Waals surface area (Å²) < 4.78 is 65.8. The van der Waals surface area contributed by atoms with Crippen LogP contribution in [0.5, 0.6) is 0 Å². The van der Waals surface area contributed by atoms with Gasteiger partial charge in [0.25, 0.3) is 11.9 Å². The van der Waals surface area contributed by atoms with Crippen LogP contribution in [0.15, 0.2) is 29.4 Å². The molecule has 0 saturated carbocycles. The summed E-state index contributed by atoms with van der Waals surface area (Å²) in [6, 6.07) is 4.12. The Morgan fingerprint density at radius 1 is 1.26 bits per heavy atom. The van der Waals surface area contributed by atoms with Crippen LogP contribution in [-0.4, -0.2) is 45.9 Å². The number of hydrogen-bond donors (Lipinski definition) is 2. The number of rotatable bonds is 3. The minimum atomic E-state index is -4.90. The molecule has 0 fully saturated rings. The van der Waals surface area contributed by atoms with Gasteiger partial charge in [-0.15, -0.1) is 0 Å². The Morgan fingerprint density at radius 3 is 2.53 bits per heavy atom. The molecule has 0 aromatic carbocycles. The topological polar surface area (TPSA) is 139 Å². The molecule has 2 unspecified atom stereocenters. The van der Waals surface area contributed by atoms with E-state index in [1.165, 1.54) is 13.0 Å². The number of alkyl carbamates (subject to hydrolysis) is 1. The summed E-state index contributed by atoms with van der Waals surface area (Å²) in [5.41, 5.74) is -3.68. The monoisotopic (exact) mass is 556 g/mol. The zero-order valence-corrected chi connectivity index (χ0v) is 21.2. The summed E-state index contributed by atoms with van der Waals surface area (Å²) in [5, 5.41) is 13.1. The van der Waals surface area contributed by atoms with Crippen molar-refractivity contribution in [2.75, 3.05) is 5.32 Å². The number of alkyl halides is 3. The molecule has 38 heavy (non-hydrogen) atoms. The van der Waals surface area contributed by atoms with E-state index < -0.39 is 59.4 Å². The molecule has 15 heteroatoms. The maximum Gasteiger partial charge on any atom is 0.425 e. The minimum absolute atomic E-state index is 0.106. The van der Waals surface area contributed by atoms with E-state index in [0.717, 1.165) is 18.3 Å². The van der Waals surface area contributed by atoms with E-state index in [1.54, 1.807) is 20.8 Å². The molecule has 1 aliphatic rings. The highest BCUT2D eigenvalue weighted by Crippen LogP contribution is 2.40. The zero-order valence-electron chi connectivity index (χ0n) is 20.4. The Balaban J connectivity index is 1.96. The van der Waals surface area contributed by atoms with Crippen molar-refractivity contribution in [2.45, 2.75) is 57.5 Å². The Kier molecular flexibility index (Phi) is 7.83. The first-order valence-corrected chi connectivity index (χ1v) is 11.3. The van der Waals surface area contributed by atoms with Crippen LogP contribution in [0, 0.1) is 17.1 Å². The molecule has 3 rings (SSSR count). The number of hydrogen-bond acceptors (Lipinski definition) is 8. The lowest BCUT2D eigenvalue weighted by molar-refractivity contribution is -0.208. The highest BCUT2D eigenvalue weighted by molar-refractivity contribution is 6.34. The summed E-state index contributed by atoms with van der Waals surface area (Å²) >= 11 is 5.99. The second-order valence-corrected chi connectivity index (χ2v) is 9.72. The average molecular weight is 557 g/mol. The van der Waals surface area contributed by atoms with E-state index in [-0.39, 0.29) is 22.1 Å². The van der Waals surface area contributed by atoms with Gasteiger partial charge in [0.15, 0.2) is 6.10 Å². The fourth-order valence-electron chi connectivity index (χ4n) is 3.35. The van der Waals surface area contributed by atoms with Crippen molar-refractivity contribution >= 4 is 35.4 Å². The molecule has 202 valence electrons. The lowest BCUT2D eigenvalue weighted by Crippen LogP contribution is -2.49. The number of anilines is 1. The van der Waals surface area contributed by atoms with Gasteiger partial charge >= 0.3 is 12.3 Å². The Bertz CT molecular complexity index is 1340. The van der Waals surface area contributed by atoms with Crippen molar-refractivity contribution < 1.29 is 36.6 Å². The van der Waals surface area contributed by atoms with E-state index in [4.69, 9.17) is 26.3 Å². The maximum absolute atomic E-state index is 14.9. The van der Waals surface area contributed by atoms with Crippen LogP contribution in [0.4, 0.5) is 28.2 Å². The molecular weight excluding hydrogens is 536 g/mol. The maximum atomic E-state index is 14.9. The molecule has 3 heterocycles. The summed E-state index contributed by atoms with van der Waals surface area (Å²) in [6.07, 6.45) is -8.30. The van der Waals surface area contributed by atoms with Gasteiger partial charge in [-0.1, -0.05) is 11.6 Å². The van der Waals surface area contributed by atoms with Crippen LogP contribution in [0.2, 0.25) is 5.02 Å². The number of carbonyl (C=O) groups excluding carboxylic acids is 2. The fraction of sp³-hybridized carbons (Fsp3) is 0.391. The Hall–Kier alpha value is -3.99. The largest absolute Gasteiger partial charge is 0.452 e. The molecule has 2 amide bonds. The summed E-state index contributed by atoms with van der Waals surface area (Å²) in [5.74, 6) is -2.14. The number of nitriles is 1. The van der Waals surface area contributed by atoms with Gasteiger partial charge in [0.05, 0.1) is 10.6 Å². The molecule has 2 aromatic rings. The molecule has 1 aliphatic heterocycles. The molecule has 0 bridgehead atoms. The van der Waals surface area contributed by atoms with Gasteiger partial charge in [-0.05, 0) is 45.9 Å². The molecule has 2 atom stereocenters. The van der Waals surface area contributed by atoms with E-state index >= 15 is 0 Å². The first kappa shape index (κ1) is 28.6. The Morgan fingerprint density at radius 2 is 1.95 bits per heavy atom. The average Bonchev–Trinajstić information content (AvgIpc) is 2.77. The lowest BCUT2D eigenvalue weighted by atomic mass is 9.89. The summed E-state index contributed by atoms with van der Waals surface area (Å²) in [7, 11) is 0. The van der Waals surface area contributed by atoms with Gasteiger partial charge in [0.1, 0.15) is 40.2 Å². The van der Waals surface area contributed by atoms with Crippen molar-refractivity contribution in [1.82, 2.24) is 15.3 Å². The molecule has 0 spiro atoms. The second kappa shape index (κ2) is 10.4. The van der Waals surface area contributed by atoms with Gasteiger partial charge < -0.3 is 14.8 Å². The smallest absolute Gasteiger partial charge is 0.425 e. The Labute approximate surface area is 219 Å². The molecule has 2 aromatic heterocycles. The summed E-state index contributed by atoms with van der Waals surface area (Å²) in [6.45, 7) is 5.79. The zero-order chi connectivity index (χ0) is 28.5. The number of nitrogens with zero attached hydrogens (tertiary/aromatic N) is 4. The quantitative estimate of drug-likeness (QED) is 0.516. The number of pyridine rings is 2. The van der Waals surface area contributed by atoms with Crippen LogP contribution in [0.3, 0.4) is 0 Å². The predicted octanol–water partition coefficient (Wildman–Crippen LogP) is 4.84. The number of nitrogens with one attached hydrogen (secondary N) is 2. The van der Waals surface area contributed by atoms with Crippen molar-refractivity contribution in [3.63, 3.8) is 0 Å². The molecular formula is C23H21ClF4N6O4. The third kappa shape index (κ3) is 6.86. The van der Waals surface area contributed by atoms with E-state index in [1.807, 2.05) is 11.4 Å². The predicted molar refractivity (Wildman–Crippen MR) is 126 cm³/mol. The lowest BCUT2D eigenvalue weighted by Gasteiger charge is -2.36. The van der Waals surface area contributed by atoms with E-state index in [0.29, 0.717) is 0 Å².